The fourth-order valence-electron chi connectivity index (χ4n) is 8.24. The van der Waals surface area contributed by atoms with E-state index in [2.05, 4.69) is 38.1 Å². The number of nitrogens with zero attached hydrogens (tertiary/aromatic N) is 1. The second-order valence-corrected chi connectivity index (χ2v) is 15.2. The van der Waals surface area contributed by atoms with Crippen LogP contribution < -0.4 is 16.0 Å². The van der Waals surface area contributed by atoms with Crippen LogP contribution >= 0.6 is 0 Å². The van der Waals surface area contributed by atoms with Crippen LogP contribution in [0.1, 0.15) is 79.7 Å². The lowest BCUT2D eigenvalue weighted by Crippen LogP contribution is -2.58. The van der Waals surface area contributed by atoms with Crippen LogP contribution in [0.25, 0.3) is 11.1 Å². The molecule has 0 aliphatic heterocycles. The second kappa shape index (κ2) is 17.4. The first kappa shape index (κ1) is 37.3. The molecule has 4 aromatic rings. The molecule has 3 aromatic carbocycles. The van der Waals surface area contributed by atoms with E-state index in [0.717, 1.165) is 66.3 Å². The molecule has 0 unspecified atom stereocenters. The third-order valence-corrected chi connectivity index (χ3v) is 11.4. The van der Waals surface area contributed by atoms with Crippen LogP contribution in [-0.4, -0.2) is 75.0 Å². The van der Waals surface area contributed by atoms with Crippen LogP contribution in [0.15, 0.2) is 91.4 Å². The lowest BCUT2D eigenvalue weighted by atomic mass is 9.82. The third-order valence-electron chi connectivity index (χ3n) is 11.4. The Morgan fingerprint density at radius 2 is 1.39 bits per heavy atom. The van der Waals surface area contributed by atoms with Gasteiger partial charge in [0, 0.05) is 30.7 Å². The minimum Gasteiger partial charge on any atom is -0.449 e. The maximum atomic E-state index is 14.2. The van der Waals surface area contributed by atoms with Crippen molar-refractivity contribution in [3.05, 3.63) is 114 Å². The summed E-state index contributed by atoms with van der Waals surface area (Å²) < 4.78 is 5.82. The van der Waals surface area contributed by atoms with Crippen molar-refractivity contribution in [1.82, 2.24) is 25.9 Å². The molecule has 11 nitrogen and oxygen atoms in total. The normalized spacial score (nSPS) is 18.3. The number of imidazole rings is 1. The van der Waals surface area contributed by atoms with Crippen molar-refractivity contribution in [3.63, 3.8) is 0 Å². The average molecular weight is 734 g/mol. The SMILES string of the molecule is O=C(N[C@@H](Cc1ccccc1)C(=O)N[C@@H](Cc1cnc[nH]1)C(=O)N[C@@H](CC1CCCCC1)[C@@H](O)[C@@H](O)C1CC1)OCC1c2ccccc2-c2ccccc21. The molecule has 0 bridgehead atoms. The van der Waals surface area contributed by atoms with Gasteiger partial charge in [0.15, 0.2) is 0 Å². The summed E-state index contributed by atoms with van der Waals surface area (Å²) >= 11 is 0. The van der Waals surface area contributed by atoms with E-state index < -0.39 is 48.2 Å². The summed E-state index contributed by atoms with van der Waals surface area (Å²) in [6.07, 6.45) is 8.18. The average Bonchev–Trinajstić information content (AvgIpc) is 3.83. The van der Waals surface area contributed by atoms with Crippen LogP contribution in [0.2, 0.25) is 0 Å². The smallest absolute Gasteiger partial charge is 0.407 e. The van der Waals surface area contributed by atoms with Gasteiger partial charge < -0.3 is 35.9 Å². The molecule has 284 valence electrons. The number of aromatic nitrogens is 2. The van der Waals surface area contributed by atoms with Crippen LogP contribution in [0.3, 0.4) is 0 Å². The molecule has 3 aliphatic carbocycles. The summed E-state index contributed by atoms with van der Waals surface area (Å²) in [4.78, 5) is 48.9. The number of alkyl carbamates (subject to hydrolysis) is 1. The molecule has 6 N–H and O–H groups in total. The molecule has 54 heavy (non-hydrogen) atoms. The number of nitrogens with one attached hydrogen (secondary N) is 4. The maximum absolute atomic E-state index is 14.2. The predicted octanol–water partition coefficient (Wildman–Crippen LogP) is 5.17. The van der Waals surface area contributed by atoms with Crippen molar-refractivity contribution in [1.29, 1.82) is 0 Å². The standard InChI is InChI=1S/C43H51N5O6/c49-39(29-19-20-29)40(50)36(21-27-11-3-1-4-12-27)46-42(52)38(23-30-24-44-26-45-30)47-41(51)37(22-28-13-5-2-6-14-28)48-43(53)54-25-35-33-17-9-7-15-31(33)32-16-8-10-18-34(32)35/h2,5-10,13-18,24,26-27,29,35-40,49-50H,1,3-4,11-12,19-23,25H2,(H,44,45)(H,46,52)(H,47,51)(H,48,53)/t36-,37-,38-,39-,40+/m0/s1. The number of ether oxygens (including phenoxy) is 1. The molecule has 2 fully saturated rings. The van der Waals surface area contributed by atoms with Crippen LogP contribution in [0.4, 0.5) is 4.79 Å². The van der Waals surface area contributed by atoms with Gasteiger partial charge in [-0.25, -0.2) is 9.78 Å². The van der Waals surface area contributed by atoms with Crippen molar-refractivity contribution >= 4 is 17.9 Å². The van der Waals surface area contributed by atoms with Crippen LogP contribution in [0, 0.1) is 11.8 Å². The molecule has 2 saturated carbocycles. The second-order valence-electron chi connectivity index (χ2n) is 15.2. The molecule has 0 spiro atoms. The fraction of sp³-hybridized carbons (Fsp3) is 0.442. The molecule has 5 atom stereocenters. The monoisotopic (exact) mass is 733 g/mol. The van der Waals surface area contributed by atoms with Crippen molar-refractivity contribution in [2.75, 3.05) is 6.61 Å². The zero-order valence-corrected chi connectivity index (χ0v) is 30.5. The lowest BCUT2D eigenvalue weighted by molar-refractivity contribution is -0.131. The number of carbonyl (C=O) groups excluding carboxylic acids is 3. The molecule has 0 saturated heterocycles. The number of H-pyrrole nitrogens is 1. The summed E-state index contributed by atoms with van der Waals surface area (Å²) in [5.41, 5.74) is 5.82. The molecule has 3 aliphatic rings. The van der Waals surface area contributed by atoms with Crippen LogP contribution in [0.5, 0.6) is 0 Å². The molecule has 7 rings (SSSR count). The summed E-state index contributed by atoms with van der Waals surface area (Å²) in [6, 6.07) is 22.7. The van der Waals surface area contributed by atoms with Crippen LogP contribution in [-0.2, 0) is 27.2 Å². The van der Waals surface area contributed by atoms with E-state index in [-0.39, 0.29) is 31.3 Å². The van der Waals surface area contributed by atoms with E-state index in [1.54, 1.807) is 6.20 Å². The van der Waals surface area contributed by atoms with Crippen molar-refractivity contribution in [3.8, 4) is 11.1 Å². The first-order chi connectivity index (χ1) is 26.3. The molecule has 1 heterocycles. The number of fused-ring (bicyclic) bond motifs is 3. The first-order valence-electron chi connectivity index (χ1n) is 19.4. The Kier molecular flexibility index (Phi) is 12.0. The Hall–Kier alpha value is -5.00. The fourth-order valence-corrected chi connectivity index (χ4v) is 8.24. The Labute approximate surface area is 316 Å². The maximum Gasteiger partial charge on any atom is 0.407 e. The van der Waals surface area contributed by atoms with Gasteiger partial charge in [-0.1, -0.05) is 111 Å². The zero-order valence-electron chi connectivity index (χ0n) is 30.5. The predicted molar refractivity (Wildman–Crippen MR) is 204 cm³/mol. The number of aliphatic hydroxyl groups is 2. The Balaban J connectivity index is 1.07. The highest BCUT2D eigenvalue weighted by molar-refractivity contribution is 5.92. The van der Waals surface area contributed by atoms with Gasteiger partial charge in [-0.3, -0.25) is 9.59 Å². The third kappa shape index (κ3) is 9.19. The Bertz CT molecular complexity index is 1810. The van der Waals surface area contributed by atoms with Gasteiger partial charge in [0.25, 0.3) is 0 Å². The van der Waals surface area contributed by atoms with E-state index in [0.29, 0.717) is 18.0 Å². The van der Waals surface area contributed by atoms with E-state index in [1.807, 2.05) is 66.7 Å². The summed E-state index contributed by atoms with van der Waals surface area (Å²) in [6.45, 7) is 0.0851. The van der Waals surface area contributed by atoms with Gasteiger partial charge in [-0.05, 0) is 58.9 Å². The summed E-state index contributed by atoms with van der Waals surface area (Å²) in [5.74, 6) is -0.853. The van der Waals surface area contributed by atoms with E-state index in [1.165, 1.54) is 12.7 Å². The number of amides is 3. The number of rotatable bonds is 16. The molecule has 11 heteroatoms. The van der Waals surface area contributed by atoms with E-state index in [4.69, 9.17) is 4.74 Å². The summed E-state index contributed by atoms with van der Waals surface area (Å²) in [5, 5.41) is 31.0. The van der Waals surface area contributed by atoms with Gasteiger partial charge in [0.05, 0.1) is 18.5 Å². The van der Waals surface area contributed by atoms with Crippen molar-refractivity contribution in [2.24, 2.45) is 11.8 Å². The Morgan fingerprint density at radius 3 is 2.04 bits per heavy atom. The quantitative estimate of drug-likeness (QED) is 0.0925. The van der Waals surface area contributed by atoms with Gasteiger partial charge in [0.2, 0.25) is 11.8 Å². The molecular weight excluding hydrogens is 683 g/mol. The molecule has 1 aromatic heterocycles. The number of hydrogen-bond donors (Lipinski definition) is 6. The van der Waals surface area contributed by atoms with Gasteiger partial charge >= 0.3 is 6.09 Å². The van der Waals surface area contributed by atoms with Crippen molar-refractivity contribution < 1.29 is 29.3 Å². The number of aromatic amines is 1. The van der Waals surface area contributed by atoms with Gasteiger partial charge in [-0.15, -0.1) is 0 Å². The van der Waals surface area contributed by atoms with Crippen molar-refractivity contribution in [2.45, 2.75) is 100 Å². The number of carbonyl (C=O) groups is 3. The number of benzene rings is 3. The number of aliphatic hydroxyl groups excluding tert-OH is 2. The van der Waals surface area contributed by atoms with Gasteiger partial charge in [-0.2, -0.15) is 0 Å². The minimum absolute atomic E-state index is 0.0222. The highest BCUT2D eigenvalue weighted by atomic mass is 16.5. The first-order valence-corrected chi connectivity index (χ1v) is 19.4. The molecular formula is C43H51N5O6. The lowest BCUT2D eigenvalue weighted by Gasteiger charge is -2.33. The van der Waals surface area contributed by atoms with E-state index >= 15 is 0 Å². The Morgan fingerprint density at radius 1 is 0.759 bits per heavy atom. The topological polar surface area (TPSA) is 166 Å². The zero-order chi connectivity index (χ0) is 37.4. The van der Waals surface area contributed by atoms with E-state index in [9.17, 15) is 24.6 Å². The summed E-state index contributed by atoms with van der Waals surface area (Å²) in [7, 11) is 0. The molecule has 0 radical (unpaired) electrons. The highest BCUT2D eigenvalue weighted by Crippen LogP contribution is 2.44. The number of hydrogen-bond acceptors (Lipinski definition) is 7. The highest BCUT2D eigenvalue weighted by Gasteiger charge is 2.40. The largest absolute Gasteiger partial charge is 0.449 e. The molecule has 3 amide bonds. The van der Waals surface area contributed by atoms with Gasteiger partial charge in [0.1, 0.15) is 24.8 Å². The minimum atomic E-state index is -1.13.